The van der Waals surface area contributed by atoms with Crippen molar-refractivity contribution >= 4 is 23.6 Å². The average molecular weight is 240 g/mol. The van der Waals surface area contributed by atoms with Crippen molar-refractivity contribution in [2.24, 2.45) is 5.73 Å². The number of amides is 1. The second kappa shape index (κ2) is 6.12. The third-order valence-electron chi connectivity index (χ3n) is 1.84. The predicted octanol–water partition coefficient (Wildman–Crippen LogP) is 0.836. The summed E-state index contributed by atoms with van der Waals surface area (Å²) < 4.78 is 4.51. The Hall–Kier alpha value is -1.56. The number of aromatic nitrogens is 1. The van der Waals surface area contributed by atoms with Crippen molar-refractivity contribution in [2.75, 3.05) is 12.9 Å². The summed E-state index contributed by atoms with van der Waals surface area (Å²) in [6.07, 6.45) is 3.35. The smallest absolute Gasteiger partial charge is 0.306 e. The standard InChI is InChI=1S/C10H12N2O3S/c1-15-9(13)3-5-16-8-6-12-4-2-7(8)10(11)14/h2,4,6H,3,5H2,1H3,(H2,11,14). The van der Waals surface area contributed by atoms with Crippen molar-refractivity contribution < 1.29 is 14.3 Å². The maximum Gasteiger partial charge on any atom is 0.306 e. The van der Waals surface area contributed by atoms with E-state index in [9.17, 15) is 9.59 Å². The molecule has 0 saturated carbocycles. The SMILES string of the molecule is COC(=O)CCSc1cnccc1C(N)=O. The number of hydrogen-bond acceptors (Lipinski definition) is 5. The summed E-state index contributed by atoms with van der Waals surface area (Å²) in [5.74, 6) is -0.251. The fourth-order valence-corrected chi connectivity index (χ4v) is 1.99. The molecule has 1 rings (SSSR count). The summed E-state index contributed by atoms with van der Waals surface area (Å²) in [6, 6.07) is 1.56. The lowest BCUT2D eigenvalue weighted by atomic mass is 10.2. The third kappa shape index (κ3) is 3.54. The van der Waals surface area contributed by atoms with Gasteiger partial charge in [-0.15, -0.1) is 11.8 Å². The van der Waals surface area contributed by atoms with Gasteiger partial charge >= 0.3 is 5.97 Å². The third-order valence-corrected chi connectivity index (χ3v) is 2.89. The number of rotatable bonds is 5. The maximum atomic E-state index is 11.1. The highest BCUT2D eigenvalue weighted by atomic mass is 32.2. The van der Waals surface area contributed by atoms with Crippen LogP contribution in [0.5, 0.6) is 0 Å². The number of nitrogens with two attached hydrogens (primary N) is 1. The van der Waals surface area contributed by atoms with Crippen molar-refractivity contribution in [1.82, 2.24) is 4.98 Å². The lowest BCUT2D eigenvalue weighted by molar-refractivity contribution is -0.140. The second-order valence-corrected chi connectivity index (χ2v) is 4.05. The molecule has 2 N–H and O–H groups in total. The van der Waals surface area contributed by atoms with E-state index in [1.807, 2.05) is 0 Å². The summed E-state index contributed by atoms with van der Waals surface area (Å²) >= 11 is 1.35. The van der Waals surface area contributed by atoms with Gasteiger partial charge in [0.1, 0.15) is 0 Å². The van der Waals surface area contributed by atoms with E-state index in [1.54, 1.807) is 12.3 Å². The molecule has 0 bridgehead atoms. The summed E-state index contributed by atoms with van der Waals surface area (Å²) in [5, 5.41) is 0. The van der Waals surface area contributed by atoms with Crippen LogP contribution in [0.15, 0.2) is 23.4 Å². The number of carbonyl (C=O) groups excluding carboxylic acids is 2. The Labute approximate surface area is 97.4 Å². The van der Waals surface area contributed by atoms with Gasteiger partial charge in [0, 0.05) is 23.0 Å². The molecule has 0 atom stereocenters. The summed E-state index contributed by atoms with van der Waals surface area (Å²) in [6.45, 7) is 0. The molecule has 0 aliphatic heterocycles. The number of thioether (sulfide) groups is 1. The first kappa shape index (κ1) is 12.5. The van der Waals surface area contributed by atoms with Gasteiger partial charge in [-0.05, 0) is 6.07 Å². The van der Waals surface area contributed by atoms with E-state index in [0.717, 1.165) is 0 Å². The van der Waals surface area contributed by atoms with Crippen LogP contribution in [-0.4, -0.2) is 29.7 Å². The lowest BCUT2D eigenvalue weighted by Crippen LogP contribution is -2.12. The summed E-state index contributed by atoms with van der Waals surface area (Å²) in [4.78, 5) is 26.5. The number of ether oxygens (including phenoxy) is 1. The van der Waals surface area contributed by atoms with E-state index >= 15 is 0 Å². The quantitative estimate of drug-likeness (QED) is 0.609. The number of primary amides is 1. The number of methoxy groups -OCH3 is 1. The first-order valence-electron chi connectivity index (χ1n) is 4.58. The number of esters is 1. The van der Waals surface area contributed by atoms with E-state index in [4.69, 9.17) is 5.73 Å². The Balaban J connectivity index is 2.60. The summed E-state index contributed by atoms with van der Waals surface area (Å²) in [7, 11) is 1.34. The minimum Gasteiger partial charge on any atom is -0.469 e. The molecule has 0 aliphatic rings. The zero-order valence-electron chi connectivity index (χ0n) is 8.80. The Morgan fingerprint density at radius 1 is 1.56 bits per heavy atom. The van der Waals surface area contributed by atoms with Crippen molar-refractivity contribution in [2.45, 2.75) is 11.3 Å². The predicted molar refractivity (Wildman–Crippen MR) is 60.1 cm³/mol. The topological polar surface area (TPSA) is 82.3 Å². The monoisotopic (exact) mass is 240 g/mol. The molecule has 1 heterocycles. The largest absolute Gasteiger partial charge is 0.469 e. The van der Waals surface area contributed by atoms with E-state index in [2.05, 4.69) is 9.72 Å². The molecular weight excluding hydrogens is 228 g/mol. The minimum atomic E-state index is -0.497. The van der Waals surface area contributed by atoms with E-state index in [0.29, 0.717) is 16.2 Å². The van der Waals surface area contributed by atoms with Gasteiger partial charge in [-0.3, -0.25) is 14.6 Å². The van der Waals surface area contributed by atoms with Crippen LogP contribution in [0.25, 0.3) is 0 Å². The van der Waals surface area contributed by atoms with Gasteiger partial charge in [-0.25, -0.2) is 0 Å². The minimum absolute atomic E-state index is 0.281. The molecule has 86 valence electrons. The number of pyridine rings is 1. The zero-order valence-corrected chi connectivity index (χ0v) is 9.62. The first-order chi connectivity index (χ1) is 7.65. The van der Waals surface area contributed by atoms with Gasteiger partial charge in [-0.1, -0.05) is 0 Å². The molecule has 0 spiro atoms. The normalized spacial score (nSPS) is 9.81. The molecule has 5 nitrogen and oxygen atoms in total. The molecule has 0 aliphatic carbocycles. The van der Waals surface area contributed by atoms with Crippen LogP contribution in [-0.2, 0) is 9.53 Å². The van der Waals surface area contributed by atoms with Crippen molar-refractivity contribution in [1.29, 1.82) is 0 Å². The molecule has 1 aromatic rings. The maximum absolute atomic E-state index is 11.1. The van der Waals surface area contributed by atoms with Gasteiger partial charge < -0.3 is 10.5 Å². The molecule has 0 unspecified atom stereocenters. The van der Waals surface area contributed by atoms with Gasteiger partial charge in [-0.2, -0.15) is 0 Å². The average Bonchev–Trinajstić information content (AvgIpc) is 2.29. The van der Waals surface area contributed by atoms with Crippen LogP contribution in [0.2, 0.25) is 0 Å². The van der Waals surface area contributed by atoms with Gasteiger partial charge in [0.2, 0.25) is 5.91 Å². The Morgan fingerprint density at radius 3 is 2.94 bits per heavy atom. The number of carbonyl (C=O) groups is 2. The highest BCUT2D eigenvalue weighted by Crippen LogP contribution is 2.21. The van der Waals surface area contributed by atoms with Crippen LogP contribution in [0.3, 0.4) is 0 Å². The van der Waals surface area contributed by atoms with Crippen LogP contribution < -0.4 is 5.73 Å². The van der Waals surface area contributed by atoms with E-state index in [-0.39, 0.29) is 12.4 Å². The van der Waals surface area contributed by atoms with Gasteiger partial charge in [0.25, 0.3) is 0 Å². The first-order valence-corrected chi connectivity index (χ1v) is 5.57. The zero-order chi connectivity index (χ0) is 12.0. The Kier molecular flexibility index (Phi) is 4.78. The van der Waals surface area contributed by atoms with E-state index in [1.165, 1.54) is 25.1 Å². The Bertz CT molecular complexity index is 395. The molecule has 0 aromatic carbocycles. The van der Waals surface area contributed by atoms with Gasteiger partial charge in [0.15, 0.2) is 0 Å². The summed E-state index contributed by atoms with van der Waals surface area (Å²) in [5.41, 5.74) is 5.62. The molecule has 6 heteroatoms. The highest BCUT2D eigenvalue weighted by Gasteiger charge is 2.09. The van der Waals surface area contributed by atoms with Crippen LogP contribution in [0, 0.1) is 0 Å². The molecule has 0 fully saturated rings. The van der Waals surface area contributed by atoms with Crippen molar-refractivity contribution in [3.05, 3.63) is 24.0 Å². The van der Waals surface area contributed by atoms with Crippen molar-refractivity contribution in [3.8, 4) is 0 Å². The highest BCUT2D eigenvalue weighted by molar-refractivity contribution is 7.99. The van der Waals surface area contributed by atoms with Crippen LogP contribution in [0.4, 0.5) is 0 Å². The molecule has 16 heavy (non-hydrogen) atoms. The molecule has 0 saturated heterocycles. The van der Waals surface area contributed by atoms with Crippen LogP contribution in [0.1, 0.15) is 16.8 Å². The molecule has 0 radical (unpaired) electrons. The van der Waals surface area contributed by atoms with Crippen LogP contribution >= 0.6 is 11.8 Å². The van der Waals surface area contributed by atoms with Gasteiger partial charge in [0.05, 0.1) is 19.1 Å². The molecule has 1 aromatic heterocycles. The second-order valence-electron chi connectivity index (χ2n) is 2.91. The fraction of sp³-hybridized carbons (Fsp3) is 0.300. The number of nitrogens with zero attached hydrogens (tertiary/aromatic N) is 1. The molecular formula is C10H12N2O3S. The Morgan fingerprint density at radius 2 is 2.31 bits per heavy atom. The van der Waals surface area contributed by atoms with E-state index < -0.39 is 5.91 Å². The lowest BCUT2D eigenvalue weighted by Gasteiger charge is -2.04. The number of hydrogen-bond donors (Lipinski definition) is 1. The fourth-order valence-electron chi connectivity index (χ4n) is 1.04. The van der Waals surface area contributed by atoms with Crippen molar-refractivity contribution in [3.63, 3.8) is 0 Å². The molecule has 1 amide bonds.